The molecule has 4 amide bonds. The van der Waals surface area contributed by atoms with Crippen molar-refractivity contribution >= 4 is 58.8 Å². The Morgan fingerprint density at radius 2 is 0.947 bits per heavy atom. The third-order valence-electron chi connectivity index (χ3n) is 6.23. The third kappa shape index (κ3) is 45.3. The molecule has 0 aliphatic heterocycles. The van der Waals surface area contributed by atoms with Crippen molar-refractivity contribution in [3.63, 3.8) is 0 Å². The maximum Gasteiger partial charge on any atom is 0.408 e. The predicted octanol–water partition coefficient (Wildman–Crippen LogP) is 3.34. The molecule has 19 nitrogen and oxygen atoms in total. The van der Waals surface area contributed by atoms with Crippen LogP contribution in [0.2, 0.25) is 0 Å². The van der Waals surface area contributed by atoms with Crippen LogP contribution in [0.1, 0.15) is 99.3 Å². The van der Waals surface area contributed by atoms with E-state index < -0.39 is 64.7 Å². The van der Waals surface area contributed by atoms with Gasteiger partial charge >= 0.3 is 30.1 Å². The van der Waals surface area contributed by atoms with Crippen molar-refractivity contribution < 1.29 is 63.1 Å². The number of hydrogen-bond donors (Lipinski definition) is 9. The van der Waals surface area contributed by atoms with Crippen LogP contribution in [0.3, 0.4) is 0 Å². The van der Waals surface area contributed by atoms with Gasteiger partial charge in [0, 0.05) is 13.1 Å². The van der Waals surface area contributed by atoms with E-state index in [0.717, 1.165) is 18.9 Å². The summed E-state index contributed by atoms with van der Waals surface area (Å²) in [6, 6.07) is -2.73. The summed E-state index contributed by atoms with van der Waals surface area (Å²) in [5, 5.41) is 35.7. The van der Waals surface area contributed by atoms with Gasteiger partial charge in [-0.15, -0.1) is 0 Å². The molecule has 0 spiro atoms. The fraction of sp³-hybridized carbons (Fsp3) is 0.622. The lowest BCUT2D eigenvalue weighted by Gasteiger charge is -2.22. The normalized spacial score (nSPS) is 11.8. The van der Waals surface area contributed by atoms with Crippen LogP contribution >= 0.6 is 11.6 Å². The number of allylic oxidation sites excluding steroid dienone is 1. The fourth-order valence-corrected chi connectivity index (χ4v) is 3.56. The van der Waals surface area contributed by atoms with Gasteiger partial charge in [0.15, 0.2) is 0 Å². The molecule has 0 heterocycles. The zero-order valence-electron chi connectivity index (χ0n) is 34.0. The molecule has 57 heavy (non-hydrogen) atoms. The number of halogens is 1. The zero-order chi connectivity index (χ0) is 45.2. The van der Waals surface area contributed by atoms with Crippen molar-refractivity contribution in [2.24, 2.45) is 11.5 Å². The predicted molar refractivity (Wildman–Crippen MR) is 215 cm³/mol. The molecule has 20 heteroatoms. The first-order chi connectivity index (χ1) is 26.3. The molecule has 3 atom stereocenters. The first-order valence-electron chi connectivity index (χ1n) is 18.0. The van der Waals surface area contributed by atoms with E-state index in [1.54, 1.807) is 41.5 Å². The number of carboxylic acid groups (broad SMARTS) is 3. The summed E-state index contributed by atoms with van der Waals surface area (Å²) in [5.74, 6) is -3.65. The lowest BCUT2D eigenvalue weighted by molar-refractivity contribution is -0.140. The van der Waals surface area contributed by atoms with Gasteiger partial charge in [0.2, 0.25) is 17.1 Å². The van der Waals surface area contributed by atoms with Crippen molar-refractivity contribution in [2.45, 2.75) is 129 Å². The monoisotopic (exact) mass is 836 g/mol. The Morgan fingerprint density at radius 3 is 1.21 bits per heavy atom. The minimum absolute atomic E-state index is 0.215. The summed E-state index contributed by atoms with van der Waals surface area (Å²) in [6.45, 7) is 21.4. The molecule has 0 aliphatic carbocycles. The largest absolute Gasteiger partial charge is 0.480 e. The number of amides is 4. The molecule has 0 aromatic heterocycles. The van der Waals surface area contributed by atoms with Crippen molar-refractivity contribution in [2.75, 3.05) is 19.6 Å². The highest BCUT2D eigenvalue weighted by atomic mass is 35.5. The summed E-state index contributed by atoms with van der Waals surface area (Å²) in [6.07, 6.45) is 6.95. The van der Waals surface area contributed by atoms with E-state index in [0.29, 0.717) is 58.2 Å². The first-order valence-corrected chi connectivity index (χ1v) is 18.4. The standard InChI is InChI=1S/C14H24N2O5.C11H22N2O4.C9H16N2O3.C3H3ClO/c1-5-11(17)15-9-7-6-8-10(12(18)19)16-13(20)21-14(2,3)4;1-11(2,3)17-10(16)13-8(9(14)15)6-4-5-7-12;1-2-8(12)11-6-4-3-5-7(10)9(13)14;1-2-3(4)5/h5,10H,1,6-9H2,2-4H3,(H,15,17)(H,16,20)(H,18,19);8H,4-7,12H2,1-3H3,(H,13,16)(H,14,15);2,7H,1,3-6,10H2,(H,11,12)(H,13,14);2H,1H2. The number of rotatable bonds is 22. The average molecular weight is 837 g/mol. The summed E-state index contributed by atoms with van der Waals surface area (Å²) in [7, 11) is 0. The molecule has 0 saturated carbocycles. The molecule has 0 aromatic rings. The van der Waals surface area contributed by atoms with Crippen LogP contribution in [0.4, 0.5) is 9.59 Å². The van der Waals surface area contributed by atoms with Gasteiger partial charge < -0.3 is 57.5 Å². The average Bonchev–Trinajstić information content (AvgIpc) is 3.09. The molecule has 0 bridgehead atoms. The molecule has 0 fully saturated rings. The highest BCUT2D eigenvalue weighted by Gasteiger charge is 2.24. The minimum atomic E-state index is -1.11. The first kappa shape index (κ1) is 58.7. The van der Waals surface area contributed by atoms with Crippen molar-refractivity contribution in [3.8, 4) is 0 Å². The number of unbranched alkanes of at least 4 members (excludes halogenated alkanes) is 3. The molecular formula is C37H65ClN6O13. The Labute approximate surface area is 340 Å². The number of nitrogens with one attached hydrogen (secondary N) is 4. The van der Waals surface area contributed by atoms with Crippen LogP contribution in [-0.4, -0.2) is 111 Å². The fourth-order valence-electron chi connectivity index (χ4n) is 3.56. The van der Waals surface area contributed by atoms with Crippen LogP contribution in [0.25, 0.3) is 0 Å². The van der Waals surface area contributed by atoms with Crippen LogP contribution in [0.15, 0.2) is 38.0 Å². The van der Waals surface area contributed by atoms with Gasteiger partial charge in [-0.05, 0) is 136 Å². The van der Waals surface area contributed by atoms with E-state index in [2.05, 4.69) is 41.0 Å². The van der Waals surface area contributed by atoms with E-state index in [4.69, 9.17) is 47.9 Å². The second-order valence-corrected chi connectivity index (χ2v) is 14.2. The number of ether oxygens (including phenoxy) is 2. The van der Waals surface area contributed by atoms with Crippen LogP contribution in [0, 0.1) is 0 Å². The smallest absolute Gasteiger partial charge is 0.408 e. The maximum absolute atomic E-state index is 11.5. The highest BCUT2D eigenvalue weighted by Crippen LogP contribution is 2.09. The molecule has 3 unspecified atom stereocenters. The Kier molecular flexibility index (Phi) is 35.3. The van der Waals surface area contributed by atoms with Gasteiger partial charge in [-0.2, -0.15) is 0 Å². The quantitative estimate of drug-likeness (QED) is 0.0429. The Bertz CT molecular complexity index is 1280. The van der Waals surface area contributed by atoms with Gasteiger partial charge in [0.25, 0.3) is 0 Å². The number of carbonyl (C=O) groups excluding carboxylic acids is 5. The maximum atomic E-state index is 11.5. The molecule has 0 aromatic carbocycles. The number of carboxylic acids is 3. The second-order valence-electron chi connectivity index (χ2n) is 13.8. The molecule has 0 radical (unpaired) electrons. The van der Waals surface area contributed by atoms with Crippen molar-refractivity contribution in [3.05, 3.63) is 38.0 Å². The second kappa shape index (κ2) is 34.3. The van der Waals surface area contributed by atoms with E-state index in [1.165, 1.54) is 12.2 Å². The Morgan fingerprint density at radius 1 is 0.614 bits per heavy atom. The van der Waals surface area contributed by atoms with Crippen LogP contribution < -0.4 is 32.7 Å². The molecule has 11 N–H and O–H groups in total. The van der Waals surface area contributed by atoms with Gasteiger partial charge in [0.05, 0.1) is 0 Å². The number of alkyl carbamates (subject to hydrolysis) is 2. The topological polar surface area (TPSA) is 316 Å². The van der Waals surface area contributed by atoms with Crippen molar-refractivity contribution in [1.82, 2.24) is 21.3 Å². The number of nitrogens with two attached hydrogens (primary N) is 2. The Balaban J connectivity index is -0.000000354. The third-order valence-corrected chi connectivity index (χ3v) is 6.39. The van der Waals surface area contributed by atoms with Crippen LogP contribution in [0.5, 0.6) is 0 Å². The van der Waals surface area contributed by atoms with E-state index in [9.17, 15) is 38.4 Å². The van der Waals surface area contributed by atoms with E-state index in [1.807, 2.05) is 0 Å². The van der Waals surface area contributed by atoms with Gasteiger partial charge in [-0.25, -0.2) is 19.2 Å². The van der Waals surface area contributed by atoms with Crippen LogP contribution in [-0.2, 0) is 38.2 Å². The number of hydrogen-bond acceptors (Lipinski definition) is 12. The lowest BCUT2D eigenvalue weighted by atomic mass is 10.1. The van der Waals surface area contributed by atoms with Gasteiger partial charge in [-0.1, -0.05) is 19.7 Å². The highest BCUT2D eigenvalue weighted by molar-refractivity contribution is 6.66. The Hall–Kier alpha value is -5.01. The van der Waals surface area contributed by atoms with Crippen molar-refractivity contribution in [1.29, 1.82) is 0 Å². The van der Waals surface area contributed by atoms with Gasteiger partial charge in [-0.3, -0.25) is 19.2 Å². The minimum Gasteiger partial charge on any atom is -0.480 e. The number of carbonyl (C=O) groups is 8. The summed E-state index contributed by atoms with van der Waals surface area (Å²) >= 11 is 4.71. The van der Waals surface area contributed by atoms with E-state index in [-0.39, 0.29) is 18.2 Å². The summed E-state index contributed by atoms with van der Waals surface area (Å²) in [4.78, 5) is 86.2. The summed E-state index contributed by atoms with van der Waals surface area (Å²) in [5.41, 5.74) is 9.28. The van der Waals surface area contributed by atoms with E-state index >= 15 is 0 Å². The summed E-state index contributed by atoms with van der Waals surface area (Å²) < 4.78 is 10.00. The molecule has 0 rings (SSSR count). The SMILES string of the molecule is C=CC(=O)Cl.C=CC(=O)NCCCCC(N)C(=O)O.C=CC(=O)NCCCCC(NC(=O)OC(C)(C)C)C(=O)O.CC(C)(C)OC(=O)NC(CCCCN)C(=O)O. The molecule has 0 saturated heterocycles. The lowest BCUT2D eigenvalue weighted by Crippen LogP contribution is -2.43. The molecular weight excluding hydrogens is 772 g/mol. The number of aliphatic carboxylic acids is 3. The zero-order valence-corrected chi connectivity index (χ0v) is 34.8. The molecule has 0 aliphatic rings. The van der Waals surface area contributed by atoms with Gasteiger partial charge in [0.1, 0.15) is 29.3 Å². The molecule has 328 valence electrons.